The van der Waals surface area contributed by atoms with Crippen molar-refractivity contribution in [3.63, 3.8) is 0 Å². The van der Waals surface area contributed by atoms with Gasteiger partial charge in [0.2, 0.25) is 5.91 Å². The van der Waals surface area contributed by atoms with Crippen molar-refractivity contribution in [2.45, 2.75) is 81.9 Å². The molecule has 0 aliphatic heterocycles. The van der Waals surface area contributed by atoms with Gasteiger partial charge in [-0.2, -0.15) is 0 Å². The Morgan fingerprint density at radius 1 is 0.976 bits per heavy atom. The number of benzene rings is 2. The largest absolute Gasteiger partial charge is 0.356 e. The molecular weight excluding hydrogens is 534 g/mol. The van der Waals surface area contributed by atoms with Crippen molar-refractivity contribution in [2.75, 3.05) is 11.9 Å². The molecule has 0 radical (unpaired) electrons. The lowest BCUT2D eigenvalue weighted by Gasteiger charge is -2.20. The second kappa shape index (κ2) is 12.1. The van der Waals surface area contributed by atoms with Gasteiger partial charge in [-0.1, -0.05) is 56.3 Å². The number of rotatable bonds is 9. The van der Waals surface area contributed by atoms with E-state index in [1.54, 1.807) is 12.1 Å². The molecule has 3 aromatic rings. The minimum absolute atomic E-state index is 0.0291. The molecule has 3 amide bonds. The van der Waals surface area contributed by atoms with Crippen LogP contribution in [-0.2, 0) is 52.2 Å². The number of fused-ring (bicyclic) bond motifs is 2. The minimum atomic E-state index is -3.44. The molecule has 0 spiro atoms. The molecule has 1 heterocycles. The van der Waals surface area contributed by atoms with E-state index in [0.29, 0.717) is 19.4 Å². The Labute approximate surface area is 242 Å². The van der Waals surface area contributed by atoms with E-state index in [1.807, 2.05) is 30.3 Å². The number of aryl methyl sites for hydroxylation is 2. The van der Waals surface area contributed by atoms with Gasteiger partial charge in [-0.05, 0) is 85.8 Å². The first-order valence-electron chi connectivity index (χ1n) is 14.4. The van der Waals surface area contributed by atoms with Crippen LogP contribution in [0, 0.1) is 0 Å². The molecule has 1 aromatic heterocycles. The molecule has 1 unspecified atom stereocenters. The smallest absolute Gasteiger partial charge is 0.354 e. The quantitative estimate of drug-likeness (QED) is 0.316. The molecule has 4 N–H and O–H groups in total. The molecule has 2 aromatic carbocycles. The van der Waals surface area contributed by atoms with Crippen molar-refractivity contribution >= 4 is 27.5 Å². The van der Waals surface area contributed by atoms with E-state index in [2.05, 4.69) is 41.0 Å². The van der Waals surface area contributed by atoms with Crippen LogP contribution in [0.2, 0.25) is 0 Å². The van der Waals surface area contributed by atoms with Crippen molar-refractivity contribution in [1.29, 1.82) is 0 Å². The molecule has 5 rings (SSSR count). The average molecular weight is 574 g/mol. The number of nitrogens with one attached hydrogen (secondary N) is 2. The standard InChI is InChI=1S/C32H39N5O3S/c1-32(2)20-18-26-29(25-11-7-12-27(25)35-30(26)32)36-31(39)37-41(33,40)24-16-14-23(15-17-24)19-21-34-28(38)13-6-10-22-8-4-3-5-9-22/h3-5,8-9,14-17H,6-7,10-13,18-21H2,1-2H3,(H,34,38)(H3,33,35,36,37,39,40). The van der Waals surface area contributed by atoms with Crippen molar-refractivity contribution < 1.29 is 13.8 Å². The highest BCUT2D eigenvalue weighted by atomic mass is 32.2. The van der Waals surface area contributed by atoms with Gasteiger partial charge < -0.3 is 10.6 Å². The van der Waals surface area contributed by atoms with Crippen LogP contribution in [0.3, 0.4) is 0 Å². The fraction of sp³-hybridized carbons (Fsp3) is 0.406. The summed E-state index contributed by atoms with van der Waals surface area (Å²) < 4.78 is 17.2. The minimum Gasteiger partial charge on any atom is -0.356 e. The third-order valence-corrected chi connectivity index (χ3v) is 9.51. The van der Waals surface area contributed by atoms with Gasteiger partial charge in [-0.3, -0.25) is 9.78 Å². The van der Waals surface area contributed by atoms with E-state index >= 15 is 0 Å². The number of carbonyl (C=O) groups is 2. The molecule has 0 fully saturated rings. The second-order valence-corrected chi connectivity index (χ2v) is 13.4. The summed E-state index contributed by atoms with van der Waals surface area (Å²) in [6.07, 6.45) is 7.36. The number of pyridine rings is 1. The Morgan fingerprint density at radius 2 is 1.71 bits per heavy atom. The van der Waals surface area contributed by atoms with Crippen LogP contribution in [0.1, 0.15) is 73.2 Å². The zero-order chi connectivity index (χ0) is 29.0. The Kier molecular flexibility index (Phi) is 8.56. The number of carbonyl (C=O) groups excluding carboxylic acids is 2. The van der Waals surface area contributed by atoms with E-state index in [4.69, 9.17) is 10.1 Å². The number of urea groups is 1. The van der Waals surface area contributed by atoms with Crippen LogP contribution in [0.4, 0.5) is 10.5 Å². The molecule has 2 aliphatic rings. The van der Waals surface area contributed by atoms with Gasteiger partial charge in [0.15, 0.2) is 0 Å². The fourth-order valence-electron chi connectivity index (χ4n) is 5.82. The highest BCUT2D eigenvalue weighted by molar-refractivity contribution is 7.91. The molecule has 2 aliphatic carbocycles. The number of anilines is 1. The van der Waals surface area contributed by atoms with E-state index in [1.165, 1.54) is 5.56 Å². The maximum atomic E-state index is 13.3. The van der Waals surface area contributed by atoms with Gasteiger partial charge in [-0.15, -0.1) is 4.36 Å². The molecule has 8 nitrogen and oxygen atoms in total. The van der Waals surface area contributed by atoms with E-state index in [-0.39, 0.29) is 16.2 Å². The number of nitrogens with zero attached hydrogens (tertiary/aromatic N) is 2. The second-order valence-electron chi connectivity index (χ2n) is 11.6. The van der Waals surface area contributed by atoms with E-state index in [0.717, 1.165) is 78.7 Å². The fourth-order valence-corrected chi connectivity index (χ4v) is 6.75. The van der Waals surface area contributed by atoms with Gasteiger partial charge in [0, 0.05) is 24.1 Å². The Balaban J connectivity index is 1.17. The number of hydrogen-bond acceptors (Lipinski definition) is 4. The zero-order valence-corrected chi connectivity index (χ0v) is 24.7. The van der Waals surface area contributed by atoms with Gasteiger partial charge in [0.1, 0.15) is 9.92 Å². The molecule has 0 bridgehead atoms. The summed E-state index contributed by atoms with van der Waals surface area (Å²) >= 11 is 0. The average Bonchev–Trinajstić information content (AvgIpc) is 3.53. The summed E-state index contributed by atoms with van der Waals surface area (Å²) in [6, 6.07) is 16.3. The summed E-state index contributed by atoms with van der Waals surface area (Å²) in [5, 5.41) is 12.0. The maximum absolute atomic E-state index is 13.3. The molecular formula is C32H39N5O3S. The summed E-state index contributed by atoms with van der Waals surface area (Å²) in [5.41, 5.74) is 7.16. The topological polar surface area (TPSA) is 127 Å². The predicted octanol–water partition coefficient (Wildman–Crippen LogP) is 5.41. The monoisotopic (exact) mass is 573 g/mol. The third-order valence-electron chi connectivity index (χ3n) is 8.13. The molecule has 0 saturated heterocycles. The lowest BCUT2D eigenvalue weighted by Crippen LogP contribution is -2.25. The van der Waals surface area contributed by atoms with E-state index in [9.17, 15) is 13.8 Å². The first kappa shape index (κ1) is 29.0. The van der Waals surface area contributed by atoms with Crippen LogP contribution in [0.5, 0.6) is 0 Å². The Bertz CT molecular complexity index is 1560. The van der Waals surface area contributed by atoms with Gasteiger partial charge in [-0.25, -0.2) is 14.1 Å². The molecule has 1 atom stereocenters. The van der Waals surface area contributed by atoms with Gasteiger partial charge >= 0.3 is 6.03 Å². The summed E-state index contributed by atoms with van der Waals surface area (Å²) in [7, 11) is -3.44. The maximum Gasteiger partial charge on any atom is 0.354 e. The van der Waals surface area contributed by atoms with Crippen LogP contribution in [-0.4, -0.2) is 27.7 Å². The van der Waals surface area contributed by atoms with Crippen LogP contribution in [0.25, 0.3) is 0 Å². The summed E-state index contributed by atoms with van der Waals surface area (Å²) in [5.74, 6) is 0.0291. The Morgan fingerprint density at radius 3 is 2.46 bits per heavy atom. The van der Waals surface area contributed by atoms with Crippen LogP contribution < -0.4 is 15.8 Å². The number of amides is 3. The van der Waals surface area contributed by atoms with Crippen molar-refractivity contribution in [3.8, 4) is 0 Å². The number of hydrogen-bond donors (Lipinski definition) is 3. The van der Waals surface area contributed by atoms with Crippen molar-refractivity contribution in [1.82, 2.24) is 10.3 Å². The van der Waals surface area contributed by atoms with Gasteiger partial charge in [0.25, 0.3) is 0 Å². The predicted molar refractivity (Wildman–Crippen MR) is 162 cm³/mol. The molecule has 41 heavy (non-hydrogen) atoms. The number of aromatic nitrogens is 1. The summed E-state index contributed by atoms with van der Waals surface area (Å²) in [4.78, 5) is 30.4. The zero-order valence-electron chi connectivity index (χ0n) is 23.9. The molecule has 0 saturated carbocycles. The van der Waals surface area contributed by atoms with Crippen molar-refractivity contribution in [2.24, 2.45) is 9.50 Å². The van der Waals surface area contributed by atoms with E-state index < -0.39 is 15.9 Å². The molecule has 9 heteroatoms. The highest BCUT2D eigenvalue weighted by Crippen LogP contribution is 2.44. The highest BCUT2D eigenvalue weighted by Gasteiger charge is 2.36. The lowest BCUT2D eigenvalue weighted by molar-refractivity contribution is -0.121. The van der Waals surface area contributed by atoms with Crippen LogP contribution in [0.15, 0.2) is 63.9 Å². The first-order chi connectivity index (χ1) is 19.6. The third kappa shape index (κ3) is 6.85. The first-order valence-corrected chi connectivity index (χ1v) is 16.0. The van der Waals surface area contributed by atoms with Crippen LogP contribution >= 0.6 is 0 Å². The SMILES string of the molecule is CC1(C)CCc2c1nc1c(c2NC(=O)N=S(N)(=O)c2ccc(CCNC(=O)CCCc3ccccc3)cc2)CCC1. The normalized spacial score (nSPS) is 16.4. The van der Waals surface area contributed by atoms with Crippen molar-refractivity contribution in [3.05, 3.63) is 88.2 Å². The molecule has 216 valence electrons. The summed E-state index contributed by atoms with van der Waals surface area (Å²) in [6.45, 7) is 4.87. The Hall–Kier alpha value is -3.56. The number of nitrogens with two attached hydrogens (primary N) is 1. The van der Waals surface area contributed by atoms with Gasteiger partial charge in [0.05, 0.1) is 16.3 Å². The lowest BCUT2D eigenvalue weighted by atomic mass is 9.90.